The molecule has 2 rings (SSSR count). The molecule has 0 spiro atoms. The van der Waals surface area contributed by atoms with E-state index in [9.17, 15) is 9.59 Å². The maximum atomic E-state index is 12.1. The summed E-state index contributed by atoms with van der Waals surface area (Å²) in [6.07, 6.45) is 2.23. The highest BCUT2D eigenvalue weighted by molar-refractivity contribution is 8.00. The van der Waals surface area contributed by atoms with E-state index in [4.69, 9.17) is 0 Å². The first kappa shape index (κ1) is 15.9. The first-order chi connectivity index (χ1) is 10.0. The number of carbonyl (C=O) groups excluding carboxylic acids is 2. The maximum absolute atomic E-state index is 12.1. The van der Waals surface area contributed by atoms with E-state index in [1.807, 2.05) is 29.2 Å². The van der Waals surface area contributed by atoms with Gasteiger partial charge in [-0.15, -0.1) is 11.8 Å². The van der Waals surface area contributed by atoms with Crippen LogP contribution in [0.25, 0.3) is 0 Å². The number of amides is 2. The molecule has 1 fully saturated rings. The number of piperidine rings is 1. The van der Waals surface area contributed by atoms with Crippen LogP contribution in [0.1, 0.15) is 26.7 Å². The molecular formula is C16H22N2O2S. The molecule has 114 valence electrons. The summed E-state index contributed by atoms with van der Waals surface area (Å²) >= 11 is 1.55. The highest BCUT2D eigenvalue weighted by Crippen LogP contribution is 2.22. The van der Waals surface area contributed by atoms with Crippen molar-refractivity contribution in [2.75, 3.05) is 24.2 Å². The molecular weight excluding hydrogens is 284 g/mol. The van der Waals surface area contributed by atoms with Crippen LogP contribution in [0.15, 0.2) is 29.2 Å². The highest BCUT2D eigenvalue weighted by atomic mass is 32.2. The van der Waals surface area contributed by atoms with Gasteiger partial charge in [0, 0.05) is 30.6 Å². The molecule has 1 aliphatic heterocycles. The number of hydrogen-bond acceptors (Lipinski definition) is 3. The molecule has 1 saturated heterocycles. The largest absolute Gasteiger partial charge is 0.342 e. The zero-order valence-corrected chi connectivity index (χ0v) is 13.4. The molecule has 1 aromatic carbocycles. The molecule has 0 atom stereocenters. The Hall–Kier alpha value is -1.49. The lowest BCUT2D eigenvalue weighted by Gasteiger charge is -2.30. The van der Waals surface area contributed by atoms with Gasteiger partial charge < -0.3 is 10.2 Å². The Labute approximate surface area is 130 Å². The predicted molar refractivity (Wildman–Crippen MR) is 86.4 cm³/mol. The van der Waals surface area contributed by atoms with Gasteiger partial charge >= 0.3 is 0 Å². The van der Waals surface area contributed by atoms with E-state index in [2.05, 4.69) is 12.2 Å². The lowest BCUT2D eigenvalue weighted by atomic mass is 9.99. The average molecular weight is 306 g/mol. The average Bonchev–Trinajstić information content (AvgIpc) is 2.46. The fraction of sp³-hybridized carbons (Fsp3) is 0.500. The number of rotatable bonds is 4. The second-order valence-corrected chi connectivity index (χ2v) is 6.61. The second-order valence-electron chi connectivity index (χ2n) is 5.56. The van der Waals surface area contributed by atoms with Crippen molar-refractivity contribution in [3.63, 3.8) is 0 Å². The Morgan fingerprint density at radius 1 is 1.24 bits per heavy atom. The van der Waals surface area contributed by atoms with Gasteiger partial charge in [0.15, 0.2) is 0 Å². The van der Waals surface area contributed by atoms with Crippen LogP contribution in [0.4, 0.5) is 5.69 Å². The number of nitrogens with zero attached hydrogens (tertiary/aromatic N) is 1. The Balaban J connectivity index is 1.79. The molecule has 5 heteroatoms. The standard InChI is InChI=1S/C16H22N2O2S/c1-12-7-9-18(10-8-12)16(20)11-21-15-5-3-14(4-6-15)17-13(2)19/h3-6,12H,7-11H2,1-2H3,(H,17,19). The van der Waals surface area contributed by atoms with E-state index in [-0.39, 0.29) is 11.8 Å². The normalized spacial score (nSPS) is 15.8. The number of benzene rings is 1. The molecule has 0 aliphatic carbocycles. The molecule has 0 saturated carbocycles. The molecule has 2 amide bonds. The monoisotopic (exact) mass is 306 g/mol. The van der Waals surface area contributed by atoms with E-state index in [0.29, 0.717) is 5.75 Å². The van der Waals surface area contributed by atoms with E-state index in [1.54, 1.807) is 11.8 Å². The first-order valence-electron chi connectivity index (χ1n) is 7.33. The van der Waals surface area contributed by atoms with Gasteiger partial charge in [0.2, 0.25) is 11.8 Å². The third-order valence-corrected chi connectivity index (χ3v) is 4.67. The number of hydrogen-bond donors (Lipinski definition) is 1. The fourth-order valence-corrected chi connectivity index (χ4v) is 3.13. The van der Waals surface area contributed by atoms with E-state index < -0.39 is 0 Å². The van der Waals surface area contributed by atoms with Crippen molar-refractivity contribution in [1.82, 2.24) is 4.90 Å². The molecule has 0 unspecified atom stereocenters. The second kappa shape index (κ2) is 7.50. The minimum atomic E-state index is -0.0788. The van der Waals surface area contributed by atoms with Crippen molar-refractivity contribution >= 4 is 29.3 Å². The highest BCUT2D eigenvalue weighted by Gasteiger charge is 2.19. The summed E-state index contributed by atoms with van der Waals surface area (Å²) in [5, 5.41) is 2.73. The summed E-state index contributed by atoms with van der Waals surface area (Å²) in [6.45, 7) is 5.51. The molecule has 4 nitrogen and oxygen atoms in total. The van der Waals surface area contributed by atoms with Gasteiger partial charge in [0.05, 0.1) is 5.75 Å². The molecule has 0 bridgehead atoms. The van der Waals surface area contributed by atoms with Gasteiger partial charge in [-0.2, -0.15) is 0 Å². The number of anilines is 1. The number of thioether (sulfide) groups is 1. The molecule has 1 heterocycles. The van der Waals surface area contributed by atoms with Crippen molar-refractivity contribution < 1.29 is 9.59 Å². The predicted octanol–water partition coefficient (Wildman–Crippen LogP) is 3.00. The third-order valence-electron chi connectivity index (χ3n) is 3.67. The Morgan fingerprint density at radius 2 is 1.86 bits per heavy atom. The smallest absolute Gasteiger partial charge is 0.232 e. The summed E-state index contributed by atoms with van der Waals surface area (Å²) in [7, 11) is 0. The van der Waals surface area contributed by atoms with E-state index >= 15 is 0 Å². The molecule has 1 aromatic rings. The summed E-state index contributed by atoms with van der Waals surface area (Å²) in [5.41, 5.74) is 0.781. The van der Waals surface area contributed by atoms with Crippen molar-refractivity contribution in [2.45, 2.75) is 31.6 Å². The van der Waals surface area contributed by atoms with Crippen molar-refractivity contribution in [2.24, 2.45) is 5.92 Å². The quantitative estimate of drug-likeness (QED) is 0.870. The molecule has 0 aromatic heterocycles. The van der Waals surface area contributed by atoms with Gasteiger partial charge in [0.25, 0.3) is 0 Å². The van der Waals surface area contributed by atoms with Crippen LogP contribution in [0.5, 0.6) is 0 Å². The minimum absolute atomic E-state index is 0.0788. The number of nitrogens with one attached hydrogen (secondary N) is 1. The van der Waals surface area contributed by atoms with Gasteiger partial charge in [-0.3, -0.25) is 9.59 Å². The first-order valence-corrected chi connectivity index (χ1v) is 8.31. The van der Waals surface area contributed by atoms with Crippen LogP contribution in [0.3, 0.4) is 0 Å². The molecule has 0 radical (unpaired) electrons. The fourth-order valence-electron chi connectivity index (χ4n) is 2.33. The summed E-state index contributed by atoms with van der Waals surface area (Å²) in [4.78, 5) is 26.1. The summed E-state index contributed by atoms with van der Waals surface area (Å²) in [6, 6.07) is 7.58. The SMILES string of the molecule is CC(=O)Nc1ccc(SCC(=O)N2CCC(C)CC2)cc1. The van der Waals surface area contributed by atoms with Gasteiger partial charge in [-0.1, -0.05) is 6.92 Å². The number of carbonyl (C=O) groups is 2. The van der Waals surface area contributed by atoms with Gasteiger partial charge in [-0.25, -0.2) is 0 Å². The molecule has 1 N–H and O–H groups in total. The summed E-state index contributed by atoms with van der Waals surface area (Å²) < 4.78 is 0. The Bertz CT molecular complexity index is 494. The lowest BCUT2D eigenvalue weighted by molar-refractivity contribution is -0.129. The van der Waals surface area contributed by atoms with Crippen molar-refractivity contribution in [3.8, 4) is 0 Å². The van der Waals surface area contributed by atoms with Crippen LogP contribution in [0.2, 0.25) is 0 Å². The zero-order valence-electron chi connectivity index (χ0n) is 12.6. The minimum Gasteiger partial charge on any atom is -0.342 e. The Kier molecular flexibility index (Phi) is 5.67. The number of likely N-dealkylation sites (tertiary alicyclic amines) is 1. The van der Waals surface area contributed by atoms with Crippen molar-refractivity contribution in [3.05, 3.63) is 24.3 Å². The van der Waals surface area contributed by atoms with Crippen LogP contribution in [-0.2, 0) is 9.59 Å². The van der Waals surface area contributed by atoms with Gasteiger partial charge in [-0.05, 0) is 43.0 Å². The van der Waals surface area contributed by atoms with E-state index in [1.165, 1.54) is 6.92 Å². The van der Waals surface area contributed by atoms with Crippen LogP contribution in [-0.4, -0.2) is 35.6 Å². The van der Waals surface area contributed by atoms with E-state index in [0.717, 1.165) is 42.4 Å². The molecule has 1 aliphatic rings. The maximum Gasteiger partial charge on any atom is 0.232 e. The van der Waals surface area contributed by atoms with Crippen LogP contribution < -0.4 is 5.32 Å². The molecule has 21 heavy (non-hydrogen) atoms. The summed E-state index contributed by atoms with van der Waals surface area (Å²) in [5.74, 6) is 1.36. The van der Waals surface area contributed by atoms with Gasteiger partial charge in [0.1, 0.15) is 0 Å². The van der Waals surface area contributed by atoms with Crippen LogP contribution >= 0.6 is 11.8 Å². The third kappa shape index (κ3) is 5.08. The zero-order chi connectivity index (χ0) is 15.2. The van der Waals surface area contributed by atoms with Crippen molar-refractivity contribution in [1.29, 1.82) is 0 Å². The van der Waals surface area contributed by atoms with Crippen LogP contribution in [0, 0.1) is 5.92 Å². The topological polar surface area (TPSA) is 49.4 Å². The Morgan fingerprint density at radius 3 is 2.43 bits per heavy atom. The lowest BCUT2D eigenvalue weighted by Crippen LogP contribution is -2.38.